The maximum atomic E-state index is 12.7. The first kappa shape index (κ1) is 21.9. The summed E-state index contributed by atoms with van der Waals surface area (Å²) in [5, 5.41) is 7.87. The second kappa shape index (κ2) is 9.36. The van der Waals surface area contributed by atoms with Gasteiger partial charge in [-0.15, -0.1) is 11.3 Å². The van der Waals surface area contributed by atoms with Gasteiger partial charge in [0, 0.05) is 16.3 Å². The maximum Gasteiger partial charge on any atom is 0.255 e. The van der Waals surface area contributed by atoms with Crippen LogP contribution in [0.5, 0.6) is 0 Å². The Hall–Kier alpha value is -2.77. The van der Waals surface area contributed by atoms with Crippen molar-refractivity contribution < 1.29 is 9.59 Å². The van der Waals surface area contributed by atoms with Gasteiger partial charge < -0.3 is 16.4 Å². The number of nitrogen functional groups attached to an aromatic ring is 1. The lowest BCUT2D eigenvalue weighted by Crippen LogP contribution is -2.28. The average Bonchev–Trinajstić information content (AvgIpc) is 3.23. The van der Waals surface area contributed by atoms with Crippen LogP contribution in [0.1, 0.15) is 15.9 Å². The lowest BCUT2D eigenvalue weighted by molar-refractivity contribution is -0.120. The summed E-state index contributed by atoms with van der Waals surface area (Å²) in [7, 11) is -0.775. The minimum absolute atomic E-state index is 0.00667. The first-order valence-corrected chi connectivity index (χ1v) is 13.4. The monoisotopic (exact) mass is 441 g/mol. The van der Waals surface area contributed by atoms with E-state index in [2.05, 4.69) is 29.4 Å². The van der Waals surface area contributed by atoms with E-state index in [-0.39, 0.29) is 11.8 Å². The third-order valence-corrected chi connectivity index (χ3v) is 6.32. The number of amides is 2. The molecule has 1 heterocycles. The second-order valence-corrected chi connectivity index (χ2v) is 13.4. The van der Waals surface area contributed by atoms with Crippen molar-refractivity contribution in [1.29, 1.82) is 0 Å². The lowest BCUT2D eigenvalue weighted by atomic mass is 10.1. The first-order chi connectivity index (χ1) is 14.2. The molecular formula is C23H27N3O2S2. The number of carbonyl (C=O) groups is 2. The van der Waals surface area contributed by atoms with Crippen molar-refractivity contribution in [3.05, 3.63) is 71.1 Å². The maximum absolute atomic E-state index is 12.7. The van der Waals surface area contributed by atoms with E-state index in [9.17, 15) is 9.59 Å². The number of anilines is 2. The van der Waals surface area contributed by atoms with Crippen LogP contribution in [0.15, 0.2) is 60.0 Å². The van der Waals surface area contributed by atoms with Crippen LogP contribution in [0.25, 0.3) is 10.4 Å². The fraction of sp³-hybridized carbons (Fsp3) is 0.217. The number of thiophene rings is 1. The quantitative estimate of drug-likeness (QED) is 0.470. The van der Waals surface area contributed by atoms with Crippen molar-refractivity contribution in [2.24, 2.45) is 0 Å². The molecule has 7 heteroatoms. The van der Waals surface area contributed by atoms with Gasteiger partial charge in [0.1, 0.15) is 0 Å². The predicted octanol–water partition coefficient (Wildman–Crippen LogP) is 4.56. The summed E-state index contributed by atoms with van der Waals surface area (Å²) >= 11 is 1.63. The molecule has 0 aliphatic carbocycles. The van der Waals surface area contributed by atoms with Crippen molar-refractivity contribution in [1.82, 2.24) is 5.32 Å². The zero-order chi connectivity index (χ0) is 21.7. The highest BCUT2D eigenvalue weighted by Crippen LogP contribution is 2.32. The normalized spacial score (nSPS) is 11.7. The van der Waals surface area contributed by atoms with E-state index in [1.807, 2.05) is 41.8 Å². The van der Waals surface area contributed by atoms with E-state index in [0.29, 0.717) is 29.2 Å². The smallest absolute Gasteiger partial charge is 0.255 e. The third-order valence-electron chi connectivity index (χ3n) is 4.39. The largest absolute Gasteiger partial charge is 0.397 e. The number of rotatable bonds is 7. The van der Waals surface area contributed by atoms with Crippen LogP contribution in [-0.4, -0.2) is 36.5 Å². The summed E-state index contributed by atoms with van der Waals surface area (Å²) in [6.07, 6.45) is 6.77. The van der Waals surface area contributed by atoms with E-state index in [1.54, 1.807) is 29.5 Å². The Kier molecular flexibility index (Phi) is 6.84. The highest BCUT2D eigenvalue weighted by atomic mass is 32.3. The Morgan fingerprint density at radius 2 is 1.77 bits per heavy atom. The van der Waals surface area contributed by atoms with Gasteiger partial charge in [-0.1, -0.05) is 24.3 Å². The SMILES string of the molecule is CS(C)(C)CNC(=O)Cc1ccc(C(=O)Nc2cc(-c3cccs3)ccc2N)cc1. The van der Waals surface area contributed by atoms with Crippen LogP contribution < -0.4 is 16.4 Å². The van der Waals surface area contributed by atoms with Gasteiger partial charge in [0.15, 0.2) is 0 Å². The first-order valence-electron chi connectivity index (χ1n) is 9.48. The average molecular weight is 442 g/mol. The Balaban J connectivity index is 1.64. The molecular weight excluding hydrogens is 414 g/mol. The molecule has 0 saturated heterocycles. The summed E-state index contributed by atoms with van der Waals surface area (Å²) in [6.45, 7) is 0. The molecule has 0 aliphatic rings. The van der Waals surface area contributed by atoms with Crippen molar-refractivity contribution in [3.63, 3.8) is 0 Å². The predicted molar refractivity (Wildman–Crippen MR) is 131 cm³/mol. The Labute approximate surface area is 183 Å². The number of hydrogen-bond donors (Lipinski definition) is 3. The minimum atomic E-state index is -0.775. The third kappa shape index (κ3) is 6.11. The number of nitrogens with two attached hydrogens (primary N) is 1. The molecule has 0 radical (unpaired) electrons. The molecule has 1 aromatic heterocycles. The molecule has 2 amide bonds. The van der Waals surface area contributed by atoms with Crippen LogP contribution >= 0.6 is 21.4 Å². The molecule has 30 heavy (non-hydrogen) atoms. The molecule has 0 unspecified atom stereocenters. The number of nitrogens with one attached hydrogen (secondary N) is 2. The number of hydrogen-bond acceptors (Lipinski definition) is 4. The van der Waals surface area contributed by atoms with Crippen molar-refractivity contribution >= 4 is 44.6 Å². The highest BCUT2D eigenvalue weighted by Gasteiger charge is 2.12. The van der Waals surface area contributed by atoms with Crippen LogP contribution in [0.2, 0.25) is 0 Å². The number of carbonyl (C=O) groups excluding carboxylic acids is 2. The Morgan fingerprint density at radius 3 is 2.40 bits per heavy atom. The van der Waals surface area contributed by atoms with Crippen molar-refractivity contribution in [2.75, 3.05) is 35.7 Å². The van der Waals surface area contributed by atoms with E-state index >= 15 is 0 Å². The van der Waals surface area contributed by atoms with E-state index < -0.39 is 10.0 Å². The zero-order valence-electron chi connectivity index (χ0n) is 17.4. The molecule has 4 N–H and O–H groups in total. The van der Waals surface area contributed by atoms with Gasteiger partial charge in [0.05, 0.1) is 17.8 Å². The second-order valence-electron chi connectivity index (χ2n) is 7.94. The minimum Gasteiger partial charge on any atom is -0.397 e. The van der Waals surface area contributed by atoms with Gasteiger partial charge in [-0.05, 0) is 65.6 Å². The fourth-order valence-electron chi connectivity index (χ4n) is 2.77. The molecule has 0 fully saturated rings. The molecule has 0 spiro atoms. The topological polar surface area (TPSA) is 84.2 Å². The molecule has 3 aromatic rings. The molecule has 0 saturated carbocycles. The summed E-state index contributed by atoms with van der Waals surface area (Å²) < 4.78 is 0. The standard InChI is InChI=1S/C23H27N3O2S2/c1-30(2,3)15-25-22(27)13-16-6-8-17(9-7-16)23(28)26-20-14-18(10-11-19(20)24)21-5-4-12-29-21/h4-12,14H,13,15,24H2,1-3H3,(H,25,27)(H,26,28). The zero-order valence-corrected chi connectivity index (χ0v) is 19.0. The summed E-state index contributed by atoms with van der Waals surface area (Å²) in [6, 6.07) is 16.7. The lowest BCUT2D eigenvalue weighted by Gasteiger charge is -2.25. The molecule has 0 aliphatic heterocycles. The molecule has 5 nitrogen and oxygen atoms in total. The Morgan fingerprint density at radius 1 is 1.03 bits per heavy atom. The molecule has 158 valence electrons. The summed E-state index contributed by atoms with van der Waals surface area (Å²) in [5.74, 6) is 0.461. The van der Waals surface area contributed by atoms with Gasteiger partial charge in [-0.25, -0.2) is 10.0 Å². The van der Waals surface area contributed by atoms with Gasteiger partial charge in [0.2, 0.25) is 5.91 Å². The van der Waals surface area contributed by atoms with Crippen LogP contribution in [0.3, 0.4) is 0 Å². The van der Waals surface area contributed by atoms with Crippen LogP contribution in [-0.2, 0) is 11.2 Å². The van der Waals surface area contributed by atoms with Crippen LogP contribution in [0, 0.1) is 0 Å². The summed E-state index contributed by atoms with van der Waals surface area (Å²) in [4.78, 5) is 25.9. The highest BCUT2D eigenvalue weighted by molar-refractivity contribution is 8.32. The van der Waals surface area contributed by atoms with Gasteiger partial charge >= 0.3 is 0 Å². The molecule has 0 bridgehead atoms. The van der Waals surface area contributed by atoms with Gasteiger partial charge in [-0.2, -0.15) is 0 Å². The summed E-state index contributed by atoms with van der Waals surface area (Å²) in [5.41, 5.74) is 9.54. The van der Waals surface area contributed by atoms with Crippen molar-refractivity contribution in [2.45, 2.75) is 6.42 Å². The fourth-order valence-corrected chi connectivity index (χ4v) is 4.09. The van der Waals surface area contributed by atoms with E-state index in [4.69, 9.17) is 5.73 Å². The number of benzene rings is 2. The van der Waals surface area contributed by atoms with E-state index in [0.717, 1.165) is 16.0 Å². The van der Waals surface area contributed by atoms with E-state index in [1.165, 1.54) is 0 Å². The molecule has 0 atom stereocenters. The van der Waals surface area contributed by atoms with Crippen LogP contribution in [0.4, 0.5) is 11.4 Å². The molecule has 2 aromatic carbocycles. The van der Waals surface area contributed by atoms with Gasteiger partial charge in [0.25, 0.3) is 5.91 Å². The molecule has 3 rings (SSSR count). The van der Waals surface area contributed by atoms with Gasteiger partial charge in [-0.3, -0.25) is 9.59 Å². The van der Waals surface area contributed by atoms with Crippen molar-refractivity contribution in [3.8, 4) is 10.4 Å². The Bertz CT molecular complexity index is 1020.